The summed E-state index contributed by atoms with van der Waals surface area (Å²) in [6.45, 7) is 7.09. The summed E-state index contributed by atoms with van der Waals surface area (Å²) in [5.41, 5.74) is -0.358. The maximum atomic E-state index is 5.74. The number of likely N-dealkylation sites (N-methyl/N-ethyl adjacent to an activating group) is 1. The highest BCUT2D eigenvalue weighted by Gasteiger charge is 2.37. The number of aromatic nitrogens is 2. The predicted octanol–water partition coefficient (Wildman–Crippen LogP) is 2.20. The molecule has 1 aliphatic rings. The largest absolute Gasteiger partial charge is 0.367 e. The van der Waals surface area contributed by atoms with Crippen LogP contribution in [0.1, 0.15) is 57.7 Å². The number of nitrogens with zero attached hydrogens (tertiary/aromatic N) is 2. The highest BCUT2D eigenvalue weighted by molar-refractivity contribution is 5.05. The average Bonchev–Trinajstić information content (AvgIpc) is 3.00. The van der Waals surface area contributed by atoms with Gasteiger partial charge in [0.05, 0.1) is 5.92 Å². The van der Waals surface area contributed by atoms with Gasteiger partial charge in [-0.25, -0.2) is 0 Å². The third kappa shape index (κ3) is 2.42. The summed E-state index contributed by atoms with van der Waals surface area (Å²) in [6.07, 6.45) is 3.00. The predicted molar refractivity (Wildman–Crippen MR) is 68.4 cm³/mol. The van der Waals surface area contributed by atoms with Gasteiger partial charge < -0.3 is 14.6 Å². The van der Waals surface area contributed by atoms with Crippen molar-refractivity contribution in [3.8, 4) is 0 Å². The maximum Gasteiger partial charge on any atom is 0.231 e. The van der Waals surface area contributed by atoms with Crippen LogP contribution in [0.2, 0.25) is 0 Å². The Bertz CT molecular complexity index is 385. The second kappa shape index (κ2) is 5.36. The van der Waals surface area contributed by atoms with E-state index in [9.17, 15) is 0 Å². The monoisotopic (exact) mass is 253 g/mol. The molecule has 102 valence electrons. The Morgan fingerprint density at radius 2 is 2.28 bits per heavy atom. The molecule has 2 heterocycles. The van der Waals surface area contributed by atoms with E-state index in [2.05, 4.69) is 29.3 Å². The van der Waals surface area contributed by atoms with Gasteiger partial charge in [-0.1, -0.05) is 12.1 Å². The lowest BCUT2D eigenvalue weighted by Crippen LogP contribution is -2.29. The summed E-state index contributed by atoms with van der Waals surface area (Å²) in [5.74, 6) is 1.66. The molecule has 3 unspecified atom stereocenters. The van der Waals surface area contributed by atoms with Gasteiger partial charge in [0, 0.05) is 12.6 Å². The summed E-state index contributed by atoms with van der Waals surface area (Å²) in [7, 11) is 1.95. The summed E-state index contributed by atoms with van der Waals surface area (Å²) in [4.78, 5) is 4.56. The van der Waals surface area contributed by atoms with Crippen molar-refractivity contribution >= 4 is 0 Å². The lowest BCUT2D eigenvalue weighted by atomic mass is 9.98. The van der Waals surface area contributed by atoms with Gasteiger partial charge in [-0.05, 0) is 40.2 Å². The molecule has 0 bridgehead atoms. The van der Waals surface area contributed by atoms with Crippen LogP contribution >= 0.6 is 0 Å². The number of rotatable bonds is 5. The Morgan fingerprint density at radius 3 is 2.83 bits per heavy atom. The van der Waals surface area contributed by atoms with E-state index in [0.29, 0.717) is 17.8 Å². The van der Waals surface area contributed by atoms with Gasteiger partial charge in [-0.2, -0.15) is 4.98 Å². The normalized spacial score (nSPS) is 27.3. The van der Waals surface area contributed by atoms with E-state index < -0.39 is 0 Å². The van der Waals surface area contributed by atoms with Crippen LogP contribution in [0.15, 0.2) is 4.52 Å². The summed E-state index contributed by atoms with van der Waals surface area (Å²) >= 11 is 0. The molecule has 5 heteroatoms. The van der Waals surface area contributed by atoms with E-state index in [-0.39, 0.29) is 11.5 Å². The van der Waals surface area contributed by atoms with Gasteiger partial charge in [0.15, 0.2) is 0 Å². The van der Waals surface area contributed by atoms with Gasteiger partial charge in [0.25, 0.3) is 0 Å². The molecule has 0 aliphatic carbocycles. The molecule has 0 aromatic carbocycles. The van der Waals surface area contributed by atoms with Crippen molar-refractivity contribution in [2.45, 2.75) is 57.6 Å². The molecule has 3 atom stereocenters. The Labute approximate surface area is 108 Å². The quantitative estimate of drug-likeness (QED) is 0.871. The second-order valence-electron chi connectivity index (χ2n) is 5.23. The first-order chi connectivity index (χ1) is 8.60. The summed E-state index contributed by atoms with van der Waals surface area (Å²) < 4.78 is 11.2. The fourth-order valence-electron chi connectivity index (χ4n) is 2.50. The Kier molecular flexibility index (Phi) is 4.02. The van der Waals surface area contributed by atoms with Crippen LogP contribution in [0.4, 0.5) is 0 Å². The van der Waals surface area contributed by atoms with Crippen LogP contribution < -0.4 is 5.32 Å². The van der Waals surface area contributed by atoms with Crippen LogP contribution in [-0.2, 0) is 10.3 Å². The molecular weight excluding hydrogens is 230 g/mol. The van der Waals surface area contributed by atoms with Crippen molar-refractivity contribution in [1.82, 2.24) is 15.5 Å². The van der Waals surface area contributed by atoms with Crippen LogP contribution in [0.25, 0.3) is 0 Å². The Hall–Kier alpha value is -0.940. The van der Waals surface area contributed by atoms with E-state index in [4.69, 9.17) is 9.26 Å². The molecule has 1 aromatic rings. The minimum absolute atomic E-state index is 0.251. The van der Waals surface area contributed by atoms with Crippen LogP contribution in [0, 0.1) is 0 Å². The molecule has 2 rings (SSSR count). The molecule has 5 nitrogen and oxygen atoms in total. The highest BCUT2D eigenvalue weighted by atomic mass is 16.5. The molecule has 1 aromatic heterocycles. The van der Waals surface area contributed by atoms with E-state index in [0.717, 1.165) is 25.9 Å². The molecule has 0 radical (unpaired) electrons. The summed E-state index contributed by atoms with van der Waals surface area (Å²) in [5, 5.41) is 7.36. The van der Waals surface area contributed by atoms with Crippen molar-refractivity contribution in [3.05, 3.63) is 11.7 Å². The third-order valence-electron chi connectivity index (χ3n) is 3.95. The molecule has 1 aliphatic heterocycles. The molecule has 0 saturated carbocycles. The number of ether oxygens (including phenoxy) is 1. The first kappa shape index (κ1) is 13.5. The zero-order chi connectivity index (χ0) is 13.2. The average molecular weight is 253 g/mol. The molecule has 0 spiro atoms. The molecule has 1 N–H and O–H groups in total. The minimum Gasteiger partial charge on any atom is -0.367 e. The van der Waals surface area contributed by atoms with Crippen molar-refractivity contribution in [2.24, 2.45) is 0 Å². The van der Waals surface area contributed by atoms with Crippen LogP contribution in [0.3, 0.4) is 0 Å². The highest BCUT2D eigenvalue weighted by Crippen LogP contribution is 2.34. The zero-order valence-corrected chi connectivity index (χ0v) is 11.7. The standard InChI is InChI=1S/C13H23N3O2/c1-5-10(9(2)14-4)11-15-12(16-18-11)13(3)7-6-8-17-13/h9-10,14H,5-8H2,1-4H3. The molecule has 18 heavy (non-hydrogen) atoms. The second-order valence-corrected chi connectivity index (χ2v) is 5.23. The number of nitrogens with one attached hydrogen (secondary N) is 1. The van der Waals surface area contributed by atoms with E-state index >= 15 is 0 Å². The lowest BCUT2D eigenvalue weighted by Gasteiger charge is -2.19. The summed E-state index contributed by atoms with van der Waals surface area (Å²) in [6, 6.07) is 0.320. The molecule has 1 fully saturated rings. The number of hydrogen-bond acceptors (Lipinski definition) is 5. The Morgan fingerprint density at radius 1 is 1.50 bits per heavy atom. The van der Waals surface area contributed by atoms with Crippen LogP contribution in [0.5, 0.6) is 0 Å². The van der Waals surface area contributed by atoms with Gasteiger partial charge in [-0.15, -0.1) is 0 Å². The van der Waals surface area contributed by atoms with Crippen LogP contribution in [-0.4, -0.2) is 29.8 Å². The van der Waals surface area contributed by atoms with Gasteiger partial charge in [-0.3, -0.25) is 0 Å². The van der Waals surface area contributed by atoms with E-state index in [1.54, 1.807) is 0 Å². The topological polar surface area (TPSA) is 60.2 Å². The fraction of sp³-hybridized carbons (Fsp3) is 0.846. The van der Waals surface area contributed by atoms with Gasteiger partial charge >= 0.3 is 0 Å². The third-order valence-corrected chi connectivity index (χ3v) is 3.95. The first-order valence-electron chi connectivity index (χ1n) is 6.76. The number of hydrogen-bond donors (Lipinski definition) is 1. The van der Waals surface area contributed by atoms with E-state index in [1.807, 2.05) is 14.0 Å². The van der Waals surface area contributed by atoms with Crippen molar-refractivity contribution in [3.63, 3.8) is 0 Å². The van der Waals surface area contributed by atoms with Crippen molar-refractivity contribution in [1.29, 1.82) is 0 Å². The molecule has 1 saturated heterocycles. The maximum absolute atomic E-state index is 5.74. The molecular formula is C13H23N3O2. The van der Waals surface area contributed by atoms with E-state index in [1.165, 1.54) is 0 Å². The van der Waals surface area contributed by atoms with Gasteiger partial charge in [0.2, 0.25) is 11.7 Å². The lowest BCUT2D eigenvalue weighted by molar-refractivity contribution is 0.00768. The smallest absolute Gasteiger partial charge is 0.231 e. The fourth-order valence-corrected chi connectivity index (χ4v) is 2.50. The SMILES string of the molecule is CCC(c1nc(C2(C)CCCO2)no1)C(C)NC. The Balaban J connectivity index is 2.18. The minimum atomic E-state index is -0.358. The van der Waals surface area contributed by atoms with Crippen molar-refractivity contribution in [2.75, 3.05) is 13.7 Å². The van der Waals surface area contributed by atoms with Crippen molar-refractivity contribution < 1.29 is 9.26 Å². The zero-order valence-electron chi connectivity index (χ0n) is 11.7. The van der Waals surface area contributed by atoms with Gasteiger partial charge in [0.1, 0.15) is 5.60 Å². The first-order valence-corrected chi connectivity index (χ1v) is 6.76. The molecule has 0 amide bonds.